The minimum absolute atomic E-state index is 0.0542. The van der Waals surface area contributed by atoms with Crippen molar-refractivity contribution in [3.63, 3.8) is 0 Å². The van der Waals surface area contributed by atoms with Crippen LogP contribution < -0.4 is 5.32 Å². The number of carbonyl (C=O) groups is 1. The van der Waals surface area contributed by atoms with Crippen molar-refractivity contribution >= 4 is 5.91 Å². The van der Waals surface area contributed by atoms with Gasteiger partial charge in [0.25, 0.3) is 5.91 Å². The number of rotatable bonds is 2. The molecule has 1 aromatic rings. The molecule has 2 aliphatic rings. The van der Waals surface area contributed by atoms with Crippen molar-refractivity contribution in [3.8, 4) is 0 Å². The summed E-state index contributed by atoms with van der Waals surface area (Å²) in [5, 5.41) is 10.2. The van der Waals surface area contributed by atoms with E-state index in [9.17, 15) is 4.79 Å². The van der Waals surface area contributed by atoms with Gasteiger partial charge in [0.2, 0.25) is 5.82 Å². The highest BCUT2D eigenvalue weighted by atomic mass is 16.2. The Hall–Kier alpha value is -1.43. The van der Waals surface area contributed by atoms with Gasteiger partial charge < -0.3 is 10.2 Å². The Labute approximate surface area is 99.8 Å². The summed E-state index contributed by atoms with van der Waals surface area (Å²) in [4.78, 5) is 18.3. The fourth-order valence-corrected chi connectivity index (χ4v) is 2.17. The van der Waals surface area contributed by atoms with E-state index in [1.165, 1.54) is 0 Å². The van der Waals surface area contributed by atoms with E-state index in [0.29, 0.717) is 17.8 Å². The van der Waals surface area contributed by atoms with Crippen LogP contribution in [-0.4, -0.2) is 51.7 Å². The second kappa shape index (κ2) is 4.10. The van der Waals surface area contributed by atoms with Crippen molar-refractivity contribution in [2.45, 2.75) is 31.7 Å². The number of carbonyl (C=O) groups excluding carboxylic acids is 1. The third-order valence-corrected chi connectivity index (χ3v) is 3.31. The standard InChI is InChI=1S/C11H17N5O/c1-7-6-16(5-4-12-7)11(17)10-13-9(14-15-10)8-2-3-8/h7-8,12H,2-6H2,1H3,(H,13,14,15)/t7-/m0/s1. The first-order valence-corrected chi connectivity index (χ1v) is 6.19. The van der Waals surface area contributed by atoms with E-state index in [-0.39, 0.29) is 5.91 Å². The SMILES string of the molecule is C[C@H]1CN(C(=O)c2n[nH]c(C3CC3)n2)CCN1. The van der Waals surface area contributed by atoms with Crippen LogP contribution in [0.15, 0.2) is 0 Å². The minimum atomic E-state index is -0.0542. The van der Waals surface area contributed by atoms with Gasteiger partial charge in [-0.25, -0.2) is 4.98 Å². The summed E-state index contributed by atoms with van der Waals surface area (Å²) in [6.07, 6.45) is 2.32. The molecule has 92 valence electrons. The molecule has 2 fully saturated rings. The Morgan fingerprint density at radius 2 is 2.29 bits per heavy atom. The van der Waals surface area contributed by atoms with Gasteiger partial charge in [-0.1, -0.05) is 0 Å². The number of hydrogen-bond acceptors (Lipinski definition) is 4. The monoisotopic (exact) mass is 235 g/mol. The maximum absolute atomic E-state index is 12.2. The molecule has 17 heavy (non-hydrogen) atoms. The smallest absolute Gasteiger partial charge is 0.293 e. The zero-order chi connectivity index (χ0) is 11.8. The lowest BCUT2D eigenvalue weighted by molar-refractivity contribution is 0.0697. The molecule has 0 radical (unpaired) electrons. The lowest BCUT2D eigenvalue weighted by Gasteiger charge is -2.30. The maximum atomic E-state index is 12.2. The van der Waals surface area contributed by atoms with Gasteiger partial charge in [-0.2, -0.15) is 0 Å². The molecule has 2 heterocycles. The van der Waals surface area contributed by atoms with Gasteiger partial charge in [-0.05, 0) is 19.8 Å². The van der Waals surface area contributed by atoms with Gasteiger partial charge >= 0.3 is 0 Å². The second-order valence-electron chi connectivity index (χ2n) is 4.92. The summed E-state index contributed by atoms with van der Waals surface area (Å²) in [7, 11) is 0. The van der Waals surface area contributed by atoms with Crippen molar-refractivity contribution in [2.75, 3.05) is 19.6 Å². The summed E-state index contributed by atoms with van der Waals surface area (Å²) in [6.45, 7) is 4.38. The van der Waals surface area contributed by atoms with Crippen LogP contribution in [0.2, 0.25) is 0 Å². The molecule has 2 N–H and O–H groups in total. The van der Waals surface area contributed by atoms with Gasteiger partial charge in [0, 0.05) is 31.6 Å². The number of aromatic amines is 1. The van der Waals surface area contributed by atoms with E-state index in [1.54, 1.807) is 0 Å². The van der Waals surface area contributed by atoms with E-state index in [1.807, 2.05) is 4.90 Å². The first-order chi connectivity index (χ1) is 8.24. The molecule has 6 nitrogen and oxygen atoms in total. The highest BCUT2D eigenvalue weighted by Crippen LogP contribution is 2.37. The zero-order valence-electron chi connectivity index (χ0n) is 9.94. The van der Waals surface area contributed by atoms with E-state index in [0.717, 1.165) is 38.3 Å². The Morgan fingerprint density at radius 1 is 1.47 bits per heavy atom. The van der Waals surface area contributed by atoms with Crippen LogP contribution >= 0.6 is 0 Å². The summed E-state index contributed by atoms with van der Waals surface area (Å²) in [6, 6.07) is 0.342. The Balaban J connectivity index is 1.71. The fourth-order valence-electron chi connectivity index (χ4n) is 2.17. The van der Waals surface area contributed by atoms with Crippen LogP contribution in [0.5, 0.6) is 0 Å². The van der Waals surface area contributed by atoms with Crippen LogP contribution in [0.1, 0.15) is 42.1 Å². The van der Waals surface area contributed by atoms with Crippen molar-refractivity contribution in [1.29, 1.82) is 0 Å². The predicted molar refractivity (Wildman–Crippen MR) is 61.7 cm³/mol. The van der Waals surface area contributed by atoms with Crippen molar-refractivity contribution in [2.24, 2.45) is 0 Å². The lowest BCUT2D eigenvalue weighted by atomic mass is 10.2. The molecule has 0 aromatic carbocycles. The molecular weight excluding hydrogens is 218 g/mol. The predicted octanol–water partition coefficient (Wildman–Crippen LogP) is 0.116. The highest BCUT2D eigenvalue weighted by molar-refractivity contribution is 5.90. The lowest BCUT2D eigenvalue weighted by Crippen LogP contribution is -2.51. The van der Waals surface area contributed by atoms with Crippen molar-refractivity contribution in [3.05, 3.63) is 11.6 Å². The van der Waals surface area contributed by atoms with Gasteiger partial charge in [-0.3, -0.25) is 9.89 Å². The molecular formula is C11H17N5O. The molecule has 1 saturated heterocycles. The normalized spacial score (nSPS) is 25.0. The molecule has 1 aromatic heterocycles. The van der Waals surface area contributed by atoms with Crippen LogP contribution in [0.4, 0.5) is 0 Å². The number of hydrogen-bond donors (Lipinski definition) is 2. The number of amides is 1. The summed E-state index contributed by atoms with van der Waals surface area (Å²) >= 11 is 0. The summed E-state index contributed by atoms with van der Waals surface area (Å²) in [5.74, 6) is 1.64. The number of piperazine rings is 1. The van der Waals surface area contributed by atoms with Crippen molar-refractivity contribution in [1.82, 2.24) is 25.4 Å². The fraction of sp³-hybridized carbons (Fsp3) is 0.727. The Bertz CT molecular complexity index is 425. The quantitative estimate of drug-likeness (QED) is 0.763. The topological polar surface area (TPSA) is 73.9 Å². The van der Waals surface area contributed by atoms with Crippen molar-refractivity contribution < 1.29 is 4.79 Å². The maximum Gasteiger partial charge on any atom is 0.293 e. The Kier molecular flexibility index (Phi) is 2.58. The molecule has 1 atom stereocenters. The number of nitrogens with one attached hydrogen (secondary N) is 2. The molecule has 1 amide bonds. The Morgan fingerprint density at radius 3 is 3.00 bits per heavy atom. The van der Waals surface area contributed by atoms with E-state index in [2.05, 4.69) is 27.4 Å². The van der Waals surface area contributed by atoms with E-state index in [4.69, 9.17) is 0 Å². The third kappa shape index (κ3) is 2.17. The van der Waals surface area contributed by atoms with Crippen LogP contribution in [-0.2, 0) is 0 Å². The molecule has 1 aliphatic carbocycles. The first-order valence-electron chi connectivity index (χ1n) is 6.19. The van der Waals surface area contributed by atoms with Gasteiger partial charge in [0.15, 0.2) is 0 Å². The molecule has 3 rings (SSSR count). The molecule has 0 unspecified atom stereocenters. The van der Waals surface area contributed by atoms with Crippen LogP contribution in [0.3, 0.4) is 0 Å². The molecule has 1 aliphatic heterocycles. The minimum Gasteiger partial charge on any atom is -0.333 e. The van der Waals surface area contributed by atoms with Crippen LogP contribution in [0, 0.1) is 0 Å². The average Bonchev–Trinajstić information content (AvgIpc) is 3.07. The highest BCUT2D eigenvalue weighted by Gasteiger charge is 2.30. The van der Waals surface area contributed by atoms with E-state index < -0.39 is 0 Å². The molecule has 0 bridgehead atoms. The molecule has 0 spiro atoms. The number of H-pyrrole nitrogens is 1. The van der Waals surface area contributed by atoms with E-state index >= 15 is 0 Å². The summed E-state index contributed by atoms with van der Waals surface area (Å²) < 4.78 is 0. The van der Waals surface area contributed by atoms with Gasteiger partial charge in [-0.15, -0.1) is 5.10 Å². The zero-order valence-corrected chi connectivity index (χ0v) is 9.94. The first kappa shape index (κ1) is 10.7. The van der Waals surface area contributed by atoms with Gasteiger partial charge in [0.05, 0.1) is 0 Å². The second-order valence-corrected chi connectivity index (χ2v) is 4.92. The molecule has 1 saturated carbocycles. The third-order valence-electron chi connectivity index (χ3n) is 3.31. The number of aromatic nitrogens is 3. The summed E-state index contributed by atoms with van der Waals surface area (Å²) in [5.41, 5.74) is 0. The van der Waals surface area contributed by atoms with Gasteiger partial charge in [0.1, 0.15) is 5.82 Å². The van der Waals surface area contributed by atoms with Crippen LogP contribution in [0.25, 0.3) is 0 Å². The molecule has 6 heteroatoms. The average molecular weight is 235 g/mol. The number of nitrogens with zero attached hydrogens (tertiary/aromatic N) is 3. The largest absolute Gasteiger partial charge is 0.333 e.